The zero-order valence-electron chi connectivity index (χ0n) is 12.1. The molecule has 1 aliphatic rings. The second-order valence-electron chi connectivity index (χ2n) is 4.56. The fraction of sp³-hybridized carbons (Fsp3) is 0.600. The standard InChI is InChI=1S/C13H17FO2.C2H6/c1-5-9-11(13(3,4)14)7-6-10(8(2)15)12(9)16;1-2/h6-7,9H,5H2,1-4H3;1-2H3. The number of carbonyl (C=O) groups is 2. The summed E-state index contributed by atoms with van der Waals surface area (Å²) in [4.78, 5) is 23.2. The van der Waals surface area contributed by atoms with Crippen molar-refractivity contribution in [3.8, 4) is 0 Å². The minimum Gasteiger partial charge on any atom is -0.294 e. The van der Waals surface area contributed by atoms with Gasteiger partial charge in [0.25, 0.3) is 0 Å². The number of alkyl halides is 1. The molecule has 0 heterocycles. The molecule has 0 aromatic heterocycles. The van der Waals surface area contributed by atoms with Crippen LogP contribution in [-0.2, 0) is 9.59 Å². The third-order valence-corrected chi connectivity index (χ3v) is 2.86. The smallest absolute Gasteiger partial charge is 0.173 e. The molecule has 0 aromatic rings. The second kappa shape index (κ2) is 6.62. The molecule has 0 saturated heterocycles. The summed E-state index contributed by atoms with van der Waals surface area (Å²) in [6.45, 7) is 10.0. The van der Waals surface area contributed by atoms with Gasteiger partial charge in [-0.25, -0.2) is 4.39 Å². The van der Waals surface area contributed by atoms with Crippen LogP contribution in [0.3, 0.4) is 0 Å². The summed E-state index contributed by atoms with van der Waals surface area (Å²) in [5.41, 5.74) is -0.875. The van der Waals surface area contributed by atoms with E-state index in [1.165, 1.54) is 26.8 Å². The Morgan fingerprint density at radius 1 is 1.33 bits per heavy atom. The zero-order chi connectivity index (χ0) is 14.5. The lowest BCUT2D eigenvalue weighted by atomic mass is 9.77. The van der Waals surface area contributed by atoms with E-state index in [4.69, 9.17) is 0 Å². The third kappa shape index (κ3) is 3.62. The van der Waals surface area contributed by atoms with Crippen LogP contribution in [0.5, 0.6) is 0 Å². The number of Topliss-reactive ketones (excluding diaryl/α,β-unsaturated/α-hetero) is 2. The largest absolute Gasteiger partial charge is 0.294 e. The monoisotopic (exact) mass is 254 g/mol. The fourth-order valence-corrected chi connectivity index (χ4v) is 2.01. The molecule has 0 aromatic carbocycles. The molecule has 2 nitrogen and oxygen atoms in total. The van der Waals surface area contributed by atoms with Gasteiger partial charge in [0.05, 0.1) is 5.57 Å². The molecule has 102 valence electrons. The lowest BCUT2D eigenvalue weighted by Crippen LogP contribution is -2.32. The minimum atomic E-state index is -1.52. The van der Waals surface area contributed by atoms with Gasteiger partial charge in [0.15, 0.2) is 11.6 Å². The van der Waals surface area contributed by atoms with E-state index in [1.54, 1.807) is 6.08 Å². The highest BCUT2D eigenvalue weighted by Crippen LogP contribution is 2.34. The van der Waals surface area contributed by atoms with Gasteiger partial charge in [-0.15, -0.1) is 0 Å². The number of ketones is 2. The molecule has 1 rings (SSSR count). The Kier molecular flexibility index (Phi) is 6.16. The highest BCUT2D eigenvalue weighted by Gasteiger charge is 2.36. The van der Waals surface area contributed by atoms with Gasteiger partial charge in [-0.3, -0.25) is 9.59 Å². The van der Waals surface area contributed by atoms with Crippen molar-refractivity contribution in [1.29, 1.82) is 0 Å². The number of hydrogen-bond acceptors (Lipinski definition) is 2. The Morgan fingerprint density at radius 3 is 2.17 bits per heavy atom. The molecule has 0 spiro atoms. The van der Waals surface area contributed by atoms with Gasteiger partial charge in [0.1, 0.15) is 5.67 Å². The number of hydrogen-bond donors (Lipinski definition) is 0. The highest BCUT2D eigenvalue weighted by molar-refractivity contribution is 6.21. The van der Waals surface area contributed by atoms with Gasteiger partial charge in [0.2, 0.25) is 0 Å². The van der Waals surface area contributed by atoms with E-state index in [2.05, 4.69) is 0 Å². The first kappa shape index (κ1) is 16.8. The predicted molar refractivity (Wildman–Crippen MR) is 72.2 cm³/mol. The van der Waals surface area contributed by atoms with Crippen LogP contribution in [0.15, 0.2) is 23.3 Å². The molecule has 1 unspecified atom stereocenters. The second-order valence-corrected chi connectivity index (χ2v) is 4.56. The Bertz CT molecular complexity index is 384. The Balaban J connectivity index is 0.00000137. The molecular weight excluding hydrogens is 231 g/mol. The van der Waals surface area contributed by atoms with E-state index in [-0.39, 0.29) is 17.1 Å². The first-order valence-corrected chi connectivity index (χ1v) is 6.45. The predicted octanol–water partition coefficient (Wildman–Crippen LogP) is 3.81. The van der Waals surface area contributed by atoms with Crippen molar-refractivity contribution in [2.45, 2.75) is 53.6 Å². The highest BCUT2D eigenvalue weighted by atomic mass is 19.1. The van der Waals surface area contributed by atoms with Crippen LogP contribution in [0.4, 0.5) is 4.39 Å². The molecule has 0 radical (unpaired) electrons. The maximum atomic E-state index is 13.9. The SMILES string of the molecule is CC.CCC1C(=O)C(C(C)=O)=CC=C1C(C)(C)F. The summed E-state index contributed by atoms with van der Waals surface area (Å²) in [7, 11) is 0. The molecule has 0 saturated carbocycles. The Hall–Kier alpha value is -1.25. The lowest BCUT2D eigenvalue weighted by Gasteiger charge is -2.28. The maximum Gasteiger partial charge on any atom is 0.173 e. The van der Waals surface area contributed by atoms with Crippen LogP contribution in [0, 0.1) is 5.92 Å². The van der Waals surface area contributed by atoms with Crippen LogP contribution in [-0.4, -0.2) is 17.2 Å². The maximum absolute atomic E-state index is 13.9. The van der Waals surface area contributed by atoms with Crippen molar-refractivity contribution in [2.24, 2.45) is 5.92 Å². The molecule has 0 N–H and O–H groups in total. The van der Waals surface area contributed by atoms with Crippen LogP contribution in [0.25, 0.3) is 0 Å². The van der Waals surface area contributed by atoms with Crippen molar-refractivity contribution in [3.63, 3.8) is 0 Å². The molecule has 0 amide bonds. The zero-order valence-corrected chi connectivity index (χ0v) is 12.1. The molecule has 0 aliphatic heterocycles. The number of allylic oxidation sites excluding steroid dienone is 4. The quantitative estimate of drug-likeness (QED) is 0.718. The Labute approximate surface area is 109 Å². The molecule has 1 atom stereocenters. The molecule has 3 heteroatoms. The summed E-state index contributed by atoms with van der Waals surface area (Å²) in [6.07, 6.45) is 3.53. The first-order valence-electron chi connectivity index (χ1n) is 6.45. The van der Waals surface area contributed by atoms with Gasteiger partial charge >= 0.3 is 0 Å². The van der Waals surface area contributed by atoms with Crippen LogP contribution in [0.2, 0.25) is 0 Å². The molecule has 0 fully saturated rings. The van der Waals surface area contributed by atoms with Crippen molar-refractivity contribution in [3.05, 3.63) is 23.3 Å². The summed E-state index contributed by atoms with van der Waals surface area (Å²) in [5, 5.41) is 0. The van der Waals surface area contributed by atoms with E-state index in [0.717, 1.165) is 0 Å². The van der Waals surface area contributed by atoms with Crippen LogP contribution >= 0.6 is 0 Å². The van der Waals surface area contributed by atoms with E-state index in [9.17, 15) is 14.0 Å². The van der Waals surface area contributed by atoms with Crippen molar-refractivity contribution in [2.75, 3.05) is 0 Å². The molecule has 0 bridgehead atoms. The van der Waals surface area contributed by atoms with E-state index in [1.807, 2.05) is 20.8 Å². The van der Waals surface area contributed by atoms with Crippen molar-refractivity contribution >= 4 is 11.6 Å². The summed E-state index contributed by atoms with van der Waals surface area (Å²) < 4.78 is 13.9. The number of halogens is 1. The van der Waals surface area contributed by atoms with Gasteiger partial charge in [-0.1, -0.05) is 26.8 Å². The average molecular weight is 254 g/mol. The van der Waals surface area contributed by atoms with Crippen LogP contribution in [0.1, 0.15) is 48.0 Å². The average Bonchev–Trinajstić information content (AvgIpc) is 2.29. The lowest BCUT2D eigenvalue weighted by molar-refractivity contribution is -0.122. The van der Waals surface area contributed by atoms with Crippen molar-refractivity contribution < 1.29 is 14.0 Å². The van der Waals surface area contributed by atoms with E-state index >= 15 is 0 Å². The number of carbonyl (C=O) groups excluding carboxylic acids is 2. The van der Waals surface area contributed by atoms with E-state index in [0.29, 0.717) is 12.0 Å². The van der Waals surface area contributed by atoms with Gasteiger partial charge < -0.3 is 0 Å². The molecular formula is C15H23FO2. The van der Waals surface area contributed by atoms with Crippen LogP contribution < -0.4 is 0 Å². The summed E-state index contributed by atoms with van der Waals surface area (Å²) in [5.74, 6) is -1.00. The molecule has 18 heavy (non-hydrogen) atoms. The molecule has 1 aliphatic carbocycles. The normalized spacial score (nSPS) is 19.5. The third-order valence-electron chi connectivity index (χ3n) is 2.86. The summed E-state index contributed by atoms with van der Waals surface area (Å²) >= 11 is 0. The first-order chi connectivity index (χ1) is 8.29. The van der Waals surface area contributed by atoms with Gasteiger partial charge in [0, 0.05) is 5.92 Å². The van der Waals surface area contributed by atoms with Crippen molar-refractivity contribution in [1.82, 2.24) is 0 Å². The minimum absolute atomic E-state index is 0.180. The number of rotatable bonds is 3. The Morgan fingerprint density at radius 2 is 1.83 bits per heavy atom. The van der Waals surface area contributed by atoms with E-state index < -0.39 is 11.6 Å². The topological polar surface area (TPSA) is 34.1 Å². The summed E-state index contributed by atoms with van der Waals surface area (Å²) in [6, 6.07) is 0. The van der Waals surface area contributed by atoms with Gasteiger partial charge in [-0.05, 0) is 38.8 Å². The van der Waals surface area contributed by atoms with Gasteiger partial charge in [-0.2, -0.15) is 0 Å². The fourth-order valence-electron chi connectivity index (χ4n) is 2.01.